The number of ether oxygens (including phenoxy) is 2. The Morgan fingerprint density at radius 3 is 2.66 bits per heavy atom. The van der Waals surface area contributed by atoms with Crippen LogP contribution in [0.25, 0.3) is 0 Å². The minimum Gasteiger partial charge on any atom is -0.444 e. The lowest BCUT2D eigenvalue weighted by Crippen LogP contribution is -2.66. The minimum absolute atomic E-state index is 0.0782. The molecule has 0 radical (unpaired) electrons. The summed E-state index contributed by atoms with van der Waals surface area (Å²) in [5.41, 5.74) is 5.79. The largest absolute Gasteiger partial charge is 0.444 e. The molecule has 13 heteroatoms. The SMILES string of the molecule is Cn1cc(Cc2nc(N3CCCC(N4CC5(CN(C(=O)OC(C)(C)C)C5)OC4=O)C3)cnc2C(N)=O)cn1. The maximum Gasteiger partial charge on any atom is 0.410 e. The number of primary amides is 1. The van der Waals surface area contributed by atoms with Crippen molar-refractivity contribution < 1.29 is 23.9 Å². The summed E-state index contributed by atoms with van der Waals surface area (Å²) in [6.07, 6.45) is 6.41. The molecule has 3 amide bonds. The first-order valence-electron chi connectivity index (χ1n) is 12.8. The summed E-state index contributed by atoms with van der Waals surface area (Å²) in [5.74, 6) is -0.00823. The number of rotatable bonds is 5. The van der Waals surface area contributed by atoms with E-state index in [0.29, 0.717) is 44.1 Å². The first-order valence-corrected chi connectivity index (χ1v) is 12.8. The average molecular weight is 527 g/mol. The van der Waals surface area contributed by atoms with Gasteiger partial charge in [-0.2, -0.15) is 5.10 Å². The molecule has 1 unspecified atom stereocenters. The summed E-state index contributed by atoms with van der Waals surface area (Å²) >= 11 is 0. The van der Waals surface area contributed by atoms with Crippen LogP contribution in [0.4, 0.5) is 15.4 Å². The van der Waals surface area contributed by atoms with Crippen LogP contribution in [-0.2, 0) is 22.9 Å². The smallest absolute Gasteiger partial charge is 0.410 e. The van der Waals surface area contributed by atoms with Crippen molar-refractivity contribution in [3.05, 3.63) is 35.5 Å². The molecule has 0 bridgehead atoms. The second-order valence-corrected chi connectivity index (χ2v) is 11.3. The number of aromatic nitrogens is 4. The van der Waals surface area contributed by atoms with Crippen molar-refractivity contribution in [2.24, 2.45) is 12.8 Å². The number of carbonyl (C=O) groups is 3. The van der Waals surface area contributed by atoms with Crippen LogP contribution in [0.5, 0.6) is 0 Å². The molecule has 5 rings (SSSR count). The van der Waals surface area contributed by atoms with Crippen molar-refractivity contribution in [2.75, 3.05) is 37.6 Å². The molecule has 3 saturated heterocycles. The van der Waals surface area contributed by atoms with Crippen molar-refractivity contribution >= 4 is 23.9 Å². The molecule has 1 spiro atoms. The summed E-state index contributed by atoms with van der Waals surface area (Å²) in [4.78, 5) is 51.7. The van der Waals surface area contributed by atoms with Crippen molar-refractivity contribution in [2.45, 2.75) is 57.3 Å². The van der Waals surface area contributed by atoms with Gasteiger partial charge < -0.3 is 20.1 Å². The van der Waals surface area contributed by atoms with Gasteiger partial charge in [0.2, 0.25) is 0 Å². The van der Waals surface area contributed by atoms with Crippen molar-refractivity contribution in [1.29, 1.82) is 0 Å². The molecule has 0 aromatic carbocycles. The highest BCUT2D eigenvalue weighted by Gasteiger charge is 2.57. The summed E-state index contributed by atoms with van der Waals surface area (Å²) in [6, 6.07) is -0.0782. The minimum atomic E-state index is -0.698. The molecule has 38 heavy (non-hydrogen) atoms. The van der Waals surface area contributed by atoms with E-state index in [0.717, 1.165) is 24.9 Å². The fourth-order valence-electron chi connectivity index (χ4n) is 5.27. The van der Waals surface area contributed by atoms with Gasteiger partial charge in [0.05, 0.1) is 43.8 Å². The summed E-state index contributed by atoms with van der Waals surface area (Å²) < 4.78 is 12.9. The van der Waals surface area contributed by atoms with E-state index in [-0.39, 0.29) is 17.8 Å². The highest BCUT2D eigenvalue weighted by atomic mass is 16.6. The van der Waals surface area contributed by atoms with Gasteiger partial charge in [-0.1, -0.05) is 0 Å². The van der Waals surface area contributed by atoms with Gasteiger partial charge in [0.15, 0.2) is 5.60 Å². The standard InChI is InChI=1S/C25H34N8O5/c1-24(2,3)37-22(35)32-13-25(14-32)15-33(23(36)38-25)17-6-5-7-31(12-17)19-10-27-20(21(26)34)18(29-19)8-16-9-28-30(4)11-16/h9-11,17H,5-8,12-15H2,1-4H3,(H2,26,34). The summed E-state index contributed by atoms with van der Waals surface area (Å²) in [7, 11) is 1.82. The Morgan fingerprint density at radius 1 is 1.24 bits per heavy atom. The van der Waals surface area contributed by atoms with Crippen molar-refractivity contribution in [1.82, 2.24) is 29.5 Å². The maximum absolute atomic E-state index is 12.9. The first kappa shape index (κ1) is 25.7. The van der Waals surface area contributed by atoms with Crippen LogP contribution in [-0.4, -0.2) is 97.6 Å². The lowest BCUT2D eigenvalue weighted by atomic mass is 9.93. The third-order valence-corrected chi connectivity index (χ3v) is 6.96. The molecule has 3 fully saturated rings. The number of aryl methyl sites for hydroxylation is 1. The second-order valence-electron chi connectivity index (χ2n) is 11.3. The predicted molar refractivity (Wildman–Crippen MR) is 136 cm³/mol. The Balaban J connectivity index is 1.26. The molecule has 2 aromatic rings. The Labute approximate surface area is 220 Å². The number of amides is 3. The molecule has 0 saturated carbocycles. The van der Waals surface area contributed by atoms with E-state index < -0.39 is 23.2 Å². The highest BCUT2D eigenvalue weighted by Crippen LogP contribution is 2.36. The summed E-state index contributed by atoms with van der Waals surface area (Å²) in [6.45, 7) is 7.81. The zero-order chi connectivity index (χ0) is 27.2. The number of likely N-dealkylation sites (tertiary alicyclic amines) is 1. The molecular weight excluding hydrogens is 492 g/mol. The van der Waals surface area contributed by atoms with Crippen molar-refractivity contribution in [3.63, 3.8) is 0 Å². The number of piperidine rings is 1. The highest BCUT2D eigenvalue weighted by molar-refractivity contribution is 5.92. The van der Waals surface area contributed by atoms with E-state index in [2.05, 4.69) is 15.0 Å². The molecule has 2 N–H and O–H groups in total. The molecule has 13 nitrogen and oxygen atoms in total. The number of nitrogens with zero attached hydrogens (tertiary/aromatic N) is 7. The Kier molecular flexibility index (Phi) is 6.40. The molecule has 204 valence electrons. The Hall–Kier alpha value is -3.90. The fourth-order valence-corrected chi connectivity index (χ4v) is 5.27. The molecule has 0 aliphatic carbocycles. The van der Waals surface area contributed by atoms with E-state index in [1.165, 1.54) is 0 Å². The van der Waals surface area contributed by atoms with Crippen molar-refractivity contribution in [3.8, 4) is 0 Å². The van der Waals surface area contributed by atoms with Gasteiger partial charge in [0.25, 0.3) is 5.91 Å². The topological polar surface area (TPSA) is 149 Å². The van der Waals surface area contributed by atoms with E-state index in [4.69, 9.17) is 20.2 Å². The number of nitrogens with two attached hydrogens (primary N) is 1. The van der Waals surface area contributed by atoms with Crippen LogP contribution in [0.1, 0.15) is 55.4 Å². The molecule has 2 aromatic heterocycles. The van der Waals surface area contributed by atoms with E-state index >= 15 is 0 Å². The van der Waals surface area contributed by atoms with Gasteiger partial charge in [-0.3, -0.25) is 19.3 Å². The van der Waals surface area contributed by atoms with E-state index in [1.54, 1.807) is 26.9 Å². The van der Waals surface area contributed by atoms with E-state index in [9.17, 15) is 14.4 Å². The quantitative estimate of drug-likeness (QED) is 0.608. The fraction of sp³-hybridized carbons (Fsp3) is 0.600. The molecule has 3 aliphatic rings. The lowest BCUT2D eigenvalue weighted by Gasteiger charge is -2.45. The second kappa shape index (κ2) is 9.44. The number of carbonyl (C=O) groups excluding carboxylic acids is 3. The molecular formula is C25H34N8O5. The molecule has 1 atom stereocenters. The van der Waals surface area contributed by atoms with Crippen LogP contribution in [0.2, 0.25) is 0 Å². The van der Waals surface area contributed by atoms with Crippen LogP contribution in [0.3, 0.4) is 0 Å². The summed E-state index contributed by atoms with van der Waals surface area (Å²) in [5, 5.41) is 4.18. The van der Waals surface area contributed by atoms with Gasteiger partial charge >= 0.3 is 12.2 Å². The van der Waals surface area contributed by atoms with Crippen LogP contribution >= 0.6 is 0 Å². The maximum atomic E-state index is 12.9. The van der Waals surface area contributed by atoms with Gasteiger partial charge in [0, 0.05) is 32.8 Å². The van der Waals surface area contributed by atoms with E-state index in [1.807, 2.05) is 34.0 Å². The van der Waals surface area contributed by atoms with Gasteiger partial charge in [-0.15, -0.1) is 0 Å². The Morgan fingerprint density at radius 2 is 2.00 bits per heavy atom. The number of hydrogen-bond acceptors (Lipinski definition) is 9. The van der Waals surface area contributed by atoms with Gasteiger partial charge in [-0.25, -0.2) is 19.6 Å². The monoisotopic (exact) mass is 526 g/mol. The number of hydrogen-bond donors (Lipinski definition) is 1. The zero-order valence-corrected chi connectivity index (χ0v) is 22.2. The lowest BCUT2D eigenvalue weighted by molar-refractivity contribution is -0.0789. The van der Waals surface area contributed by atoms with Gasteiger partial charge in [-0.05, 0) is 39.2 Å². The van der Waals surface area contributed by atoms with Crippen LogP contribution in [0.15, 0.2) is 18.6 Å². The molecule has 3 aliphatic heterocycles. The van der Waals surface area contributed by atoms with Crippen LogP contribution < -0.4 is 10.6 Å². The normalized spacial score (nSPS) is 20.9. The third kappa shape index (κ3) is 5.22. The zero-order valence-electron chi connectivity index (χ0n) is 22.2. The average Bonchev–Trinajstić information content (AvgIpc) is 3.39. The number of anilines is 1. The Bertz CT molecular complexity index is 1250. The third-order valence-electron chi connectivity index (χ3n) is 6.96. The first-order chi connectivity index (χ1) is 17.9. The van der Waals surface area contributed by atoms with Gasteiger partial charge in [0.1, 0.15) is 17.1 Å². The molecule has 5 heterocycles. The van der Waals surface area contributed by atoms with Crippen LogP contribution in [0, 0.1) is 0 Å². The predicted octanol–water partition coefficient (Wildman–Crippen LogP) is 1.31.